The number of carbonyl (C=O) groups is 2. The molecule has 0 spiro atoms. The zero-order valence-corrected chi connectivity index (χ0v) is 12.8. The highest BCUT2D eigenvalue weighted by Crippen LogP contribution is 2.31. The second-order valence-corrected chi connectivity index (χ2v) is 6.62. The lowest BCUT2D eigenvalue weighted by molar-refractivity contribution is -0.121. The molecule has 7 heteroatoms. The van der Waals surface area contributed by atoms with Crippen LogP contribution in [0.15, 0.2) is 0 Å². The van der Waals surface area contributed by atoms with E-state index in [2.05, 4.69) is 27.5 Å². The van der Waals surface area contributed by atoms with Gasteiger partial charge in [-0.1, -0.05) is 0 Å². The fraction of sp³-hybridized carbons (Fsp3) is 0.667. The zero-order valence-electron chi connectivity index (χ0n) is 12.8. The molecule has 3 aliphatic heterocycles. The maximum atomic E-state index is 13.0. The molecule has 3 aliphatic rings. The monoisotopic (exact) mass is 303 g/mol. The maximum Gasteiger partial charge on any atom is 0.275 e. The predicted octanol–water partition coefficient (Wildman–Crippen LogP) is -0.109. The van der Waals surface area contributed by atoms with E-state index in [0.29, 0.717) is 18.7 Å². The van der Waals surface area contributed by atoms with Crippen molar-refractivity contribution in [2.45, 2.75) is 44.3 Å². The standard InChI is InChI=1S/C15H21N5O2/c1-19-5-4-12-11(8-19)14(18-17-12)15(22)20-9-2-3-10(20)7-16-13(21)6-9/h9-10H,2-8H2,1H3,(H,16,21)(H,17,18)/t9-,10+/m0/s1. The Balaban J connectivity index is 1.65. The van der Waals surface area contributed by atoms with Gasteiger partial charge in [-0.2, -0.15) is 5.10 Å². The summed E-state index contributed by atoms with van der Waals surface area (Å²) in [6.07, 6.45) is 3.19. The quantitative estimate of drug-likeness (QED) is 0.758. The predicted molar refractivity (Wildman–Crippen MR) is 79.2 cm³/mol. The normalized spacial score (nSPS) is 28.2. The minimum Gasteiger partial charge on any atom is -0.354 e. The molecule has 22 heavy (non-hydrogen) atoms. The van der Waals surface area contributed by atoms with Gasteiger partial charge in [0.05, 0.1) is 0 Å². The second-order valence-electron chi connectivity index (χ2n) is 6.62. The Morgan fingerprint density at radius 1 is 1.32 bits per heavy atom. The number of amides is 2. The Labute approximate surface area is 129 Å². The summed E-state index contributed by atoms with van der Waals surface area (Å²) in [5.74, 6) is 0.0330. The van der Waals surface area contributed by atoms with Crippen LogP contribution in [0.5, 0.6) is 0 Å². The maximum absolute atomic E-state index is 13.0. The van der Waals surface area contributed by atoms with Crippen LogP contribution in [0.1, 0.15) is 41.0 Å². The Morgan fingerprint density at radius 3 is 3.00 bits per heavy atom. The van der Waals surface area contributed by atoms with E-state index in [1.807, 2.05) is 4.90 Å². The average Bonchev–Trinajstić information content (AvgIpc) is 3.02. The molecule has 4 heterocycles. The Bertz CT molecular complexity index is 625. The molecule has 2 N–H and O–H groups in total. The van der Waals surface area contributed by atoms with Gasteiger partial charge in [0.15, 0.2) is 5.69 Å². The van der Waals surface area contributed by atoms with E-state index in [9.17, 15) is 9.59 Å². The average molecular weight is 303 g/mol. The van der Waals surface area contributed by atoms with E-state index in [-0.39, 0.29) is 23.9 Å². The van der Waals surface area contributed by atoms with Crippen molar-refractivity contribution >= 4 is 11.8 Å². The summed E-state index contributed by atoms with van der Waals surface area (Å²) in [6, 6.07) is 0.131. The molecule has 0 aromatic carbocycles. The summed E-state index contributed by atoms with van der Waals surface area (Å²) in [4.78, 5) is 28.9. The molecule has 1 aromatic heterocycles. The number of hydrogen-bond donors (Lipinski definition) is 2. The van der Waals surface area contributed by atoms with Crippen molar-refractivity contribution in [1.82, 2.24) is 25.3 Å². The number of aromatic nitrogens is 2. The van der Waals surface area contributed by atoms with Crippen LogP contribution in [0, 0.1) is 0 Å². The fourth-order valence-corrected chi connectivity index (χ4v) is 3.94. The lowest BCUT2D eigenvalue weighted by Gasteiger charge is -2.28. The Hall–Kier alpha value is -1.89. The Morgan fingerprint density at radius 2 is 2.14 bits per heavy atom. The summed E-state index contributed by atoms with van der Waals surface area (Å²) < 4.78 is 0. The van der Waals surface area contributed by atoms with Crippen molar-refractivity contribution in [1.29, 1.82) is 0 Å². The summed E-state index contributed by atoms with van der Waals surface area (Å²) in [7, 11) is 2.06. The third-order valence-corrected chi connectivity index (χ3v) is 5.14. The van der Waals surface area contributed by atoms with E-state index in [1.54, 1.807) is 0 Å². The number of H-pyrrole nitrogens is 1. The van der Waals surface area contributed by atoms with Gasteiger partial charge in [-0.3, -0.25) is 14.7 Å². The molecule has 2 bridgehead atoms. The molecule has 0 aliphatic carbocycles. The number of rotatable bonds is 1. The van der Waals surface area contributed by atoms with E-state index in [1.165, 1.54) is 0 Å². The SMILES string of the molecule is CN1CCc2[nH]nc(C(=O)N3[C@@H]4CC[C@H]3CC(=O)NC4)c2C1. The number of likely N-dealkylation sites (N-methyl/N-ethyl adjacent to an activating group) is 1. The van der Waals surface area contributed by atoms with Crippen molar-refractivity contribution in [3.63, 3.8) is 0 Å². The van der Waals surface area contributed by atoms with Gasteiger partial charge in [-0.15, -0.1) is 0 Å². The molecule has 0 saturated carbocycles. The van der Waals surface area contributed by atoms with Crippen LogP contribution in [0.4, 0.5) is 0 Å². The van der Waals surface area contributed by atoms with Crippen molar-refractivity contribution in [3.8, 4) is 0 Å². The lowest BCUT2D eigenvalue weighted by Crippen LogP contribution is -2.43. The van der Waals surface area contributed by atoms with Gasteiger partial charge in [-0.05, 0) is 19.9 Å². The molecule has 2 amide bonds. The van der Waals surface area contributed by atoms with Gasteiger partial charge >= 0.3 is 0 Å². The lowest BCUT2D eigenvalue weighted by atomic mass is 10.0. The summed E-state index contributed by atoms with van der Waals surface area (Å²) in [6.45, 7) is 2.30. The van der Waals surface area contributed by atoms with Gasteiger partial charge in [0.1, 0.15) is 0 Å². The first-order valence-electron chi connectivity index (χ1n) is 7.97. The van der Waals surface area contributed by atoms with Gasteiger partial charge < -0.3 is 15.1 Å². The van der Waals surface area contributed by atoms with Crippen molar-refractivity contribution in [2.75, 3.05) is 20.1 Å². The molecule has 7 nitrogen and oxygen atoms in total. The summed E-state index contributed by atoms with van der Waals surface area (Å²) >= 11 is 0. The van der Waals surface area contributed by atoms with E-state index in [0.717, 1.165) is 43.6 Å². The smallest absolute Gasteiger partial charge is 0.275 e. The number of hydrogen-bond acceptors (Lipinski definition) is 4. The summed E-state index contributed by atoms with van der Waals surface area (Å²) in [5, 5.41) is 10.2. The number of aromatic amines is 1. The number of carbonyl (C=O) groups excluding carboxylic acids is 2. The van der Waals surface area contributed by atoms with Crippen LogP contribution in [-0.4, -0.2) is 64.0 Å². The third kappa shape index (κ3) is 2.11. The topological polar surface area (TPSA) is 81.3 Å². The molecule has 2 saturated heterocycles. The molecule has 0 unspecified atom stereocenters. The Kier molecular flexibility index (Phi) is 3.18. The van der Waals surface area contributed by atoms with Crippen LogP contribution in [0.3, 0.4) is 0 Å². The van der Waals surface area contributed by atoms with Crippen LogP contribution in [0.25, 0.3) is 0 Å². The highest BCUT2D eigenvalue weighted by Gasteiger charge is 2.42. The first-order chi connectivity index (χ1) is 10.6. The first-order valence-corrected chi connectivity index (χ1v) is 7.97. The van der Waals surface area contributed by atoms with Crippen molar-refractivity contribution in [2.24, 2.45) is 0 Å². The van der Waals surface area contributed by atoms with E-state index >= 15 is 0 Å². The largest absolute Gasteiger partial charge is 0.354 e. The zero-order chi connectivity index (χ0) is 15.3. The number of nitrogens with zero attached hydrogens (tertiary/aromatic N) is 3. The second kappa shape index (κ2) is 5.08. The molecule has 4 rings (SSSR count). The van der Waals surface area contributed by atoms with Crippen LogP contribution >= 0.6 is 0 Å². The van der Waals surface area contributed by atoms with Gasteiger partial charge in [-0.25, -0.2) is 0 Å². The minimum absolute atomic E-state index is 0.0169. The molecule has 118 valence electrons. The highest BCUT2D eigenvalue weighted by molar-refractivity contribution is 5.95. The highest BCUT2D eigenvalue weighted by atomic mass is 16.2. The number of nitrogens with one attached hydrogen (secondary N) is 2. The van der Waals surface area contributed by atoms with Gasteiger partial charge in [0.25, 0.3) is 5.91 Å². The molecule has 2 fully saturated rings. The fourth-order valence-electron chi connectivity index (χ4n) is 3.94. The van der Waals surface area contributed by atoms with Gasteiger partial charge in [0, 0.05) is 55.8 Å². The van der Waals surface area contributed by atoms with Crippen LogP contribution in [0.2, 0.25) is 0 Å². The third-order valence-electron chi connectivity index (χ3n) is 5.14. The minimum atomic E-state index is -0.0169. The number of fused-ring (bicyclic) bond motifs is 3. The van der Waals surface area contributed by atoms with Gasteiger partial charge in [0.2, 0.25) is 5.91 Å². The van der Waals surface area contributed by atoms with Crippen molar-refractivity contribution in [3.05, 3.63) is 17.0 Å². The van der Waals surface area contributed by atoms with Crippen LogP contribution < -0.4 is 5.32 Å². The first kappa shape index (κ1) is 13.8. The molecular weight excluding hydrogens is 282 g/mol. The van der Waals surface area contributed by atoms with E-state index in [4.69, 9.17) is 0 Å². The molecular formula is C15H21N5O2. The van der Waals surface area contributed by atoms with Crippen LogP contribution in [-0.2, 0) is 17.8 Å². The molecule has 1 aromatic rings. The molecule has 2 atom stereocenters. The van der Waals surface area contributed by atoms with Crippen molar-refractivity contribution < 1.29 is 9.59 Å². The molecule has 0 radical (unpaired) electrons. The summed E-state index contributed by atoms with van der Waals surface area (Å²) in [5.41, 5.74) is 2.66. The van der Waals surface area contributed by atoms with E-state index < -0.39 is 0 Å².